The van der Waals surface area contributed by atoms with Crippen molar-refractivity contribution < 1.29 is 9.59 Å². The molecule has 0 aliphatic carbocycles. The molecule has 148 valence electrons. The lowest BCUT2D eigenvalue weighted by Crippen LogP contribution is -2.28. The summed E-state index contributed by atoms with van der Waals surface area (Å²) in [4.78, 5) is 38.0. The molecule has 0 fully saturated rings. The Labute approximate surface area is 172 Å². The number of nitrogens with zero attached hydrogens (tertiary/aromatic N) is 2. The number of ketones is 1. The number of hydrogen-bond donors (Lipinski definition) is 1. The van der Waals surface area contributed by atoms with E-state index in [1.165, 1.54) is 4.68 Å². The molecule has 0 saturated carbocycles. The summed E-state index contributed by atoms with van der Waals surface area (Å²) in [7, 11) is 1.58. The van der Waals surface area contributed by atoms with Gasteiger partial charge in [0.05, 0.1) is 23.2 Å². The lowest BCUT2D eigenvalue weighted by molar-refractivity contribution is 0.0939. The maximum Gasteiger partial charge on any atom is 0.274 e. The summed E-state index contributed by atoms with van der Waals surface area (Å²) < 4.78 is 1.26. The maximum absolute atomic E-state index is 12.9. The van der Waals surface area contributed by atoms with Crippen LogP contribution in [0.2, 0.25) is 0 Å². The Morgan fingerprint density at radius 3 is 2.17 bits per heavy atom. The molecule has 1 aromatic heterocycles. The molecule has 0 atom stereocenters. The van der Waals surface area contributed by atoms with Gasteiger partial charge in [0.15, 0.2) is 5.78 Å². The molecule has 0 spiro atoms. The quantitative estimate of drug-likeness (QED) is 0.525. The third-order valence-electron chi connectivity index (χ3n) is 4.90. The maximum atomic E-state index is 12.9. The summed E-state index contributed by atoms with van der Waals surface area (Å²) in [5.74, 6) is -0.596. The van der Waals surface area contributed by atoms with Crippen molar-refractivity contribution >= 4 is 22.5 Å². The van der Waals surface area contributed by atoms with E-state index < -0.39 is 0 Å². The summed E-state index contributed by atoms with van der Waals surface area (Å²) in [5.41, 5.74) is 1.52. The Bertz CT molecular complexity index is 1310. The second-order valence-electron chi connectivity index (χ2n) is 6.84. The minimum absolute atomic E-state index is 0.126. The second kappa shape index (κ2) is 8.13. The van der Waals surface area contributed by atoms with Gasteiger partial charge in [-0.25, -0.2) is 4.68 Å². The van der Waals surface area contributed by atoms with Gasteiger partial charge in [-0.05, 0) is 12.1 Å². The van der Waals surface area contributed by atoms with E-state index in [9.17, 15) is 14.4 Å². The van der Waals surface area contributed by atoms with Crippen molar-refractivity contribution in [3.63, 3.8) is 0 Å². The van der Waals surface area contributed by atoms with Crippen LogP contribution in [0.15, 0.2) is 83.7 Å². The van der Waals surface area contributed by atoms with Crippen molar-refractivity contribution in [3.8, 4) is 0 Å². The van der Waals surface area contributed by atoms with E-state index in [0.29, 0.717) is 33.2 Å². The highest BCUT2D eigenvalue weighted by Gasteiger charge is 2.18. The number of aromatic nitrogens is 2. The van der Waals surface area contributed by atoms with Crippen LogP contribution in [-0.2, 0) is 13.6 Å². The summed E-state index contributed by atoms with van der Waals surface area (Å²) in [5, 5.41) is 8.36. The Balaban J connectivity index is 1.62. The van der Waals surface area contributed by atoms with Crippen LogP contribution in [0.5, 0.6) is 0 Å². The molecular formula is C24H19N3O3. The number of nitrogens with one attached hydrogen (secondary N) is 1. The lowest BCUT2D eigenvalue weighted by atomic mass is 9.98. The first-order valence-corrected chi connectivity index (χ1v) is 9.48. The highest BCUT2D eigenvalue weighted by atomic mass is 16.2. The van der Waals surface area contributed by atoms with Crippen LogP contribution in [-0.4, -0.2) is 21.5 Å². The first-order chi connectivity index (χ1) is 14.6. The second-order valence-corrected chi connectivity index (χ2v) is 6.84. The molecule has 6 nitrogen and oxygen atoms in total. The van der Waals surface area contributed by atoms with E-state index in [2.05, 4.69) is 10.4 Å². The number of carbonyl (C=O) groups is 2. The SMILES string of the molecule is Cn1nc(CNC(=O)c2ccccc2C(=O)c2ccccc2)c2ccccc2c1=O. The molecule has 3 aromatic carbocycles. The Hall–Kier alpha value is -4.06. The summed E-state index contributed by atoms with van der Waals surface area (Å²) >= 11 is 0. The average Bonchev–Trinajstić information content (AvgIpc) is 2.80. The minimum atomic E-state index is -0.380. The molecule has 4 rings (SSSR count). The van der Waals surface area contributed by atoms with Crippen molar-refractivity contribution in [2.45, 2.75) is 6.54 Å². The first-order valence-electron chi connectivity index (χ1n) is 9.48. The van der Waals surface area contributed by atoms with Crippen LogP contribution in [0.1, 0.15) is 32.0 Å². The molecule has 6 heteroatoms. The minimum Gasteiger partial charge on any atom is -0.346 e. The van der Waals surface area contributed by atoms with Crippen molar-refractivity contribution in [2.24, 2.45) is 7.05 Å². The standard InChI is InChI=1S/C24H19N3O3/c1-27-24(30)20-14-8-5-11-17(20)21(26-27)15-25-23(29)19-13-7-6-12-18(19)22(28)16-9-3-2-4-10-16/h2-14H,15H2,1H3,(H,25,29). The molecule has 4 aromatic rings. The van der Waals surface area contributed by atoms with Crippen molar-refractivity contribution in [1.82, 2.24) is 15.1 Å². The Morgan fingerprint density at radius 2 is 1.43 bits per heavy atom. The molecular weight excluding hydrogens is 378 g/mol. The van der Waals surface area contributed by atoms with E-state index in [-0.39, 0.29) is 23.8 Å². The fourth-order valence-electron chi connectivity index (χ4n) is 3.39. The molecule has 30 heavy (non-hydrogen) atoms. The topological polar surface area (TPSA) is 81.1 Å². The first kappa shape index (κ1) is 19.3. The highest BCUT2D eigenvalue weighted by molar-refractivity contribution is 6.15. The summed E-state index contributed by atoms with van der Waals surface area (Å²) in [6.07, 6.45) is 0. The van der Waals surface area contributed by atoms with Crippen molar-refractivity contribution in [3.05, 3.63) is 112 Å². The third-order valence-corrected chi connectivity index (χ3v) is 4.90. The van der Waals surface area contributed by atoms with Crippen LogP contribution >= 0.6 is 0 Å². The third kappa shape index (κ3) is 3.63. The van der Waals surface area contributed by atoms with Gasteiger partial charge in [-0.1, -0.05) is 66.7 Å². The largest absolute Gasteiger partial charge is 0.346 e. The van der Waals surface area contributed by atoms with Crippen LogP contribution < -0.4 is 10.9 Å². The Kier molecular flexibility index (Phi) is 5.22. The fourth-order valence-corrected chi connectivity index (χ4v) is 3.39. The van der Waals surface area contributed by atoms with Gasteiger partial charge in [-0.3, -0.25) is 14.4 Å². The van der Waals surface area contributed by atoms with Crippen molar-refractivity contribution in [1.29, 1.82) is 0 Å². The average molecular weight is 397 g/mol. The number of carbonyl (C=O) groups excluding carboxylic acids is 2. The molecule has 0 radical (unpaired) electrons. The van der Waals surface area contributed by atoms with Gasteiger partial charge in [-0.15, -0.1) is 0 Å². The van der Waals surface area contributed by atoms with Crippen LogP contribution in [0.4, 0.5) is 0 Å². The van der Waals surface area contributed by atoms with Gasteiger partial charge in [0.2, 0.25) is 0 Å². The van der Waals surface area contributed by atoms with Gasteiger partial charge >= 0.3 is 0 Å². The zero-order valence-electron chi connectivity index (χ0n) is 16.3. The monoisotopic (exact) mass is 397 g/mol. The number of rotatable bonds is 5. The number of amides is 1. The molecule has 0 saturated heterocycles. The number of fused-ring (bicyclic) bond motifs is 1. The van der Waals surface area contributed by atoms with Crippen LogP contribution in [0.3, 0.4) is 0 Å². The summed E-state index contributed by atoms with van der Waals surface area (Å²) in [6, 6.07) is 22.7. The molecule has 0 aliphatic heterocycles. The van der Waals surface area contributed by atoms with Gasteiger partial charge in [0.25, 0.3) is 11.5 Å². The summed E-state index contributed by atoms with van der Waals surface area (Å²) in [6.45, 7) is 0.126. The van der Waals surface area contributed by atoms with Gasteiger partial charge in [-0.2, -0.15) is 5.10 Å². The molecule has 0 bridgehead atoms. The highest BCUT2D eigenvalue weighted by Crippen LogP contribution is 2.16. The van der Waals surface area contributed by atoms with E-state index in [0.717, 1.165) is 0 Å². The Morgan fingerprint density at radius 1 is 0.833 bits per heavy atom. The van der Waals surface area contributed by atoms with E-state index in [1.54, 1.807) is 73.8 Å². The van der Waals surface area contributed by atoms with Crippen LogP contribution in [0.25, 0.3) is 10.8 Å². The smallest absolute Gasteiger partial charge is 0.274 e. The lowest BCUT2D eigenvalue weighted by Gasteiger charge is -2.11. The van der Waals surface area contributed by atoms with Gasteiger partial charge < -0.3 is 5.32 Å². The molecule has 0 unspecified atom stereocenters. The van der Waals surface area contributed by atoms with Gasteiger partial charge in [0, 0.05) is 23.6 Å². The van der Waals surface area contributed by atoms with Gasteiger partial charge in [0.1, 0.15) is 0 Å². The zero-order chi connectivity index (χ0) is 21.1. The molecule has 1 heterocycles. The number of aryl methyl sites for hydroxylation is 1. The van der Waals surface area contributed by atoms with Crippen LogP contribution in [0, 0.1) is 0 Å². The normalized spacial score (nSPS) is 10.7. The number of benzene rings is 3. The number of hydrogen-bond acceptors (Lipinski definition) is 4. The molecule has 0 aliphatic rings. The molecule has 1 N–H and O–H groups in total. The predicted octanol–water partition coefficient (Wildman–Crippen LogP) is 3.09. The zero-order valence-corrected chi connectivity index (χ0v) is 16.3. The van der Waals surface area contributed by atoms with E-state index in [1.807, 2.05) is 12.1 Å². The van der Waals surface area contributed by atoms with E-state index in [4.69, 9.17) is 0 Å². The van der Waals surface area contributed by atoms with Crippen molar-refractivity contribution in [2.75, 3.05) is 0 Å². The predicted molar refractivity (Wildman–Crippen MR) is 114 cm³/mol. The molecule has 1 amide bonds. The fraction of sp³-hybridized carbons (Fsp3) is 0.0833. The van der Waals surface area contributed by atoms with E-state index >= 15 is 0 Å².